The number of hydrogen-bond acceptors (Lipinski definition) is 5. The topological polar surface area (TPSA) is 75.9 Å². The lowest BCUT2D eigenvalue weighted by atomic mass is 9.84. The first-order valence-electron chi connectivity index (χ1n) is 10.0. The number of carbonyl (C=O) groups is 1. The molecule has 4 rings (SSSR count). The third kappa shape index (κ3) is 3.96. The first-order chi connectivity index (χ1) is 13.1. The molecule has 1 fully saturated rings. The van der Waals surface area contributed by atoms with Gasteiger partial charge < -0.3 is 10.2 Å². The zero-order valence-electron chi connectivity index (χ0n) is 16.2. The van der Waals surface area contributed by atoms with Crippen LogP contribution in [-0.2, 0) is 30.8 Å². The van der Waals surface area contributed by atoms with Crippen LogP contribution in [0.15, 0.2) is 12.1 Å². The Morgan fingerprint density at radius 2 is 2.07 bits per heavy atom. The van der Waals surface area contributed by atoms with Crippen molar-refractivity contribution in [3.05, 3.63) is 35.0 Å². The highest BCUT2D eigenvalue weighted by Gasteiger charge is 2.31. The van der Waals surface area contributed by atoms with Crippen LogP contribution < -0.4 is 5.32 Å². The molecular formula is C20H28N6O. The Kier molecular flexibility index (Phi) is 5.09. The number of amides is 1. The quantitative estimate of drug-likeness (QED) is 0.848. The van der Waals surface area contributed by atoms with E-state index in [0.29, 0.717) is 19.0 Å². The predicted octanol–water partition coefficient (Wildman–Crippen LogP) is 2.69. The molecule has 1 aliphatic carbocycles. The van der Waals surface area contributed by atoms with Crippen LogP contribution in [0, 0.1) is 12.8 Å². The van der Waals surface area contributed by atoms with E-state index < -0.39 is 0 Å². The molecule has 27 heavy (non-hydrogen) atoms. The molecule has 2 aromatic rings. The summed E-state index contributed by atoms with van der Waals surface area (Å²) < 4.78 is 2.04. The predicted molar refractivity (Wildman–Crippen MR) is 103 cm³/mol. The van der Waals surface area contributed by atoms with E-state index in [4.69, 9.17) is 5.10 Å². The van der Waals surface area contributed by atoms with Gasteiger partial charge in [-0.15, -0.1) is 0 Å². The van der Waals surface area contributed by atoms with Crippen molar-refractivity contribution < 1.29 is 4.79 Å². The fourth-order valence-corrected chi connectivity index (χ4v) is 3.80. The number of aromatic nitrogens is 4. The number of nitrogens with zero attached hydrogens (tertiary/aromatic N) is 5. The molecule has 1 saturated carbocycles. The molecule has 0 unspecified atom stereocenters. The standard InChI is InChI=1S/C20H28N6O/c1-3-5-16-11-19(23-14(2)22-16)21-12-17-10-18-13-25(8-9-26(18)24-17)20(27)15-6-4-7-15/h10-11,15H,3-9,12-13H2,1-2H3,(H,21,22,23). The van der Waals surface area contributed by atoms with Crippen molar-refractivity contribution in [3.63, 3.8) is 0 Å². The molecule has 7 heteroatoms. The summed E-state index contributed by atoms with van der Waals surface area (Å²) in [7, 11) is 0. The van der Waals surface area contributed by atoms with Crippen molar-refractivity contribution in [1.29, 1.82) is 0 Å². The maximum absolute atomic E-state index is 12.5. The number of rotatable bonds is 6. The van der Waals surface area contributed by atoms with Gasteiger partial charge in [0.15, 0.2) is 0 Å². The first kappa shape index (κ1) is 17.9. The molecule has 2 aliphatic rings. The van der Waals surface area contributed by atoms with Gasteiger partial charge in [0.1, 0.15) is 11.6 Å². The van der Waals surface area contributed by atoms with Crippen molar-refractivity contribution in [2.45, 2.75) is 65.6 Å². The van der Waals surface area contributed by atoms with Gasteiger partial charge >= 0.3 is 0 Å². The highest BCUT2D eigenvalue weighted by molar-refractivity contribution is 5.79. The fourth-order valence-electron chi connectivity index (χ4n) is 3.80. The minimum absolute atomic E-state index is 0.263. The van der Waals surface area contributed by atoms with Crippen LogP contribution in [0.2, 0.25) is 0 Å². The molecule has 7 nitrogen and oxygen atoms in total. The molecule has 1 amide bonds. The van der Waals surface area contributed by atoms with Crippen LogP contribution in [0.4, 0.5) is 5.82 Å². The molecule has 0 bridgehead atoms. The summed E-state index contributed by atoms with van der Waals surface area (Å²) in [4.78, 5) is 23.4. The molecule has 2 aromatic heterocycles. The van der Waals surface area contributed by atoms with Crippen LogP contribution in [0.1, 0.15) is 55.5 Å². The van der Waals surface area contributed by atoms with Crippen LogP contribution in [0.5, 0.6) is 0 Å². The smallest absolute Gasteiger partial charge is 0.226 e. The van der Waals surface area contributed by atoms with E-state index in [1.165, 1.54) is 6.42 Å². The van der Waals surface area contributed by atoms with Crippen molar-refractivity contribution in [3.8, 4) is 0 Å². The van der Waals surface area contributed by atoms with E-state index in [0.717, 1.165) is 67.5 Å². The third-order valence-electron chi connectivity index (χ3n) is 5.46. The Morgan fingerprint density at radius 3 is 2.81 bits per heavy atom. The SMILES string of the molecule is CCCc1cc(NCc2cc3n(n2)CCN(C(=O)C2CCC2)C3)nc(C)n1. The van der Waals surface area contributed by atoms with Crippen LogP contribution in [0.3, 0.4) is 0 Å². The van der Waals surface area contributed by atoms with Gasteiger partial charge in [0.2, 0.25) is 5.91 Å². The fraction of sp³-hybridized carbons (Fsp3) is 0.600. The molecule has 1 aliphatic heterocycles. The molecule has 144 valence electrons. The molecule has 0 atom stereocenters. The summed E-state index contributed by atoms with van der Waals surface area (Å²) in [5.74, 6) is 2.23. The number of hydrogen-bond donors (Lipinski definition) is 1. The normalized spacial score (nSPS) is 16.7. The van der Waals surface area contributed by atoms with E-state index >= 15 is 0 Å². The van der Waals surface area contributed by atoms with Gasteiger partial charge in [-0.3, -0.25) is 9.48 Å². The summed E-state index contributed by atoms with van der Waals surface area (Å²) in [6.07, 6.45) is 5.34. The number of carbonyl (C=O) groups excluding carboxylic acids is 1. The van der Waals surface area contributed by atoms with Gasteiger partial charge in [-0.25, -0.2) is 9.97 Å². The first-order valence-corrected chi connectivity index (χ1v) is 10.0. The highest BCUT2D eigenvalue weighted by Crippen LogP contribution is 2.29. The Balaban J connectivity index is 1.39. The summed E-state index contributed by atoms with van der Waals surface area (Å²) >= 11 is 0. The molecule has 0 saturated heterocycles. The molecule has 0 radical (unpaired) electrons. The van der Waals surface area contributed by atoms with Gasteiger partial charge in [0.25, 0.3) is 0 Å². The summed E-state index contributed by atoms with van der Waals surface area (Å²) in [6, 6.07) is 4.12. The van der Waals surface area contributed by atoms with Crippen molar-refractivity contribution in [1.82, 2.24) is 24.6 Å². The minimum atomic E-state index is 0.263. The minimum Gasteiger partial charge on any atom is -0.364 e. The molecule has 1 N–H and O–H groups in total. The van der Waals surface area contributed by atoms with Gasteiger partial charge in [0.05, 0.1) is 31.0 Å². The Morgan fingerprint density at radius 1 is 1.22 bits per heavy atom. The number of anilines is 1. The summed E-state index contributed by atoms with van der Waals surface area (Å²) in [5, 5.41) is 8.07. The molecule has 0 spiro atoms. The molecule has 0 aromatic carbocycles. The van der Waals surface area contributed by atoms with Crippen molar-refractivity contribution in [2.75, 3.05) is 11.9 Å². The monoisotopic (exact) mass is 368 g/mol. The Hall–Kier alpha value is -2.44. The lowest BCUT2D eigenvalue weighted by Crippen LogP contribution is -2.43. The Labute approximate surface area is 160 Å². The largest absolute Gasteiger partial charge is 0.364 e. The molecule has 3 heterocycles. The number of fused-ring (bicyclic) bond motifs is 1. The number of nitrogens with one attached hydrogen (secondary N) is 1. The van der Waals surface area contributed by atoms with Crippen molar-refractivity contribution >= 4 is 11.7 Å². The van der Waals surface area contributed by atoms with Gasteiger partial charge in [0, 0.05) is 24.2 Å². The van der Waals surface area contributed by atoms with Crippen LogP contribution >= 0.6 is 0 Å². The second-order valence-electron chi connectivity index (χ2n) is 7.63. The lowest BCUT2D eigenvalue weighted by Gasteiger charge is -2.34. The lowest BCUT2D eigenvalue weighted by molar-refractivity contribution is -0.139. The second kappa shape index (κ2) is 7.66. The highest BCUT2D eigenvalue weighted by atomic mass is 16.2. The van der Waals surface area contributed by atoms with E-state index in [1.807, 2.05) is 22.6 Å². The molecular weight excluding hydrogens is 340 g/mol. The van der Waals surface area contributed by atoms with Crippen LogP contribution in [0.25, 0.3) is 0 Å². The third-order valence-corrected chi connectivity index (χ3v) is 5.46. The Bertz CT molecular complexity index is 826. The van der Waals surface area contributed by atoms with E-state index in [9.17, 15) is 4.79 Å². The van der Waals surface area contributed by atoms with E-state index in [1.54, 1.807) is 0 Å². The average Bonchev–Trinajstić information content (AvgIpc) is 3.00. The van der Waals surface area contributed by atoms with Gasteiger partial charge in [-0.1, -0.05) is 19.8 Å². The maximum Gasteiger partial charge on any atom is 0.226 e. The zero-order chi connectivity index (χ0) is 18.8. The summed E-state index contributed by atoms with van der Waals surface area (Å²) in [5.41, 5.74) is 3.18. The van der Waals surface area contributed by atoms with Crippen LogP contribution in [-0.4, -0.2) is 37.1 Å². The van der Waals surface area contributed by atoms with E-state index in [2.05, 4.69) is 28.3 Å². The zero-order valence-corrected chi connectivity index (χ0v) is 16.2. The van der Waals surface area contributed by atoms with Crippen molar-refractivity contribution in [2.24, 2.45) is 5.92 Å². The van der Waals surface area contributed by atoms with E-state index in [-0.39, 0.29) is 5.92 Å². The summed E-state index contributed by atoms with van der Waals surface area (Å²) in [6.45, 7) is 6.92. The second-order valence-corrected chi connectivity index (χ2v) is 7.63. The van der Waals surface area contributed by atoms with Gasteiger partial charge in [-0.05, 0) is 32.3 Å². The average molecular weight is 368 g/mol. The number of aryl methyl sites for hydroxylation is 2. The van der Waals surface area contributed by atoms with Gasteiger partial charge in [-0.2, -0.15) is 5.10 Å². The maximum atomic E-state index is 12.5.